The number of carbonyl (C=O) groups is 4. The maximum Gasteiger partial charge on any atom is 0.408 e. The van der Waals surface area contributed by atoms with Gasteiger partial charge in [0.25, 0.3) is 0 Å². The zero-order chi connectivity index (χ0) is 22.8. The van der Waals surface area contributed by atoms with Gasteiger partial charge in [-0.15, -0.1) is 0 Å². The van der Waals surface area contributed by atoms with Crippen LogP contribution < -0.4 is 16.0 Å². The summed E-state index contributed by atoms with van der Waals surface area (Å²) in [4.78, 5) is 48.6. The summed E-state index contributed by atoms with van der Waals surface area (Å²) >= 11 is 0. The van der Waals surface area contributed by atoms with Crippen LogP contribution in [0.2, 0.25) is 0 Å². The smallest absolute Gasteiger partial charge is 0.408 e. The minimum atomic E-state index is -0.854. The lowest BCUT2D eigenvalue weighted by atomic mass is 10.00. The quantitative estimate of drug-likeness (QED) is 0.467. The van der Waals surface area contributed by atoms with Crippen molar-refractivity contribution in [3.8, 4) is 0 Å². The van der Waals surface area contributed by atoms with E-state index in [1.165, 1.54) is 7.11 Å². The third kappa shape index (κ3) is 12.7. The lowest BCUT2D eigenvalue weighted by Crippen LogP contribution is -2.55. The zero-order valence-electron chi connectivity index (χ0n) is 18.9. The van der Waals surface area contributed by atoms with Crippen LogP contribution in [0.3, 0.4) is 0 Å². The van der Waals surface area contributed by atoms with Gasteiger partial charge in [-0.3, -0.25) is 14.4 Å². The second-order valence-corrected chi connectivity index (χ2v) is 8.81. The van der Waals surface area contributed by atoms with Crippen molar-refractivity contribution in [3.05, 3.63) is 0 Å². The fourth-order valence-corrected chi connectivity index (χ4v) is 2.48. The Kier molecular flexibility index (Phi) is 11.3. The molecule has 0 aliphatic heterocycles. The summed E-state index contributed by atoms with van der Waals surface area (Å²) in [6, 6.07) is -1.70. The summed E-state index contributed by atoms with van der Waals surface area (Å²) in [6.45, 7) is 12.6. The molecular weight excluding hydrogens is 378 g/mol. The van der Waals surface area contributed by atoms with Gasteiger partial charge in [-0.05, 0) is 45.4 Å². The van der Waals surface area contributed by atoms with E-state index in [1.807, 2.05) is 27.7 Å². The van der Waals surface area contributed by atoms with Crippen molar-refractivity contribution in [3.63, 3.8) is 0 Å². The predicted molar refractivity (Wildman–Crippen MR) is 109 cm³/mol. The van der Waals surface area contributed by atoms with Gasteiger partial charge in [0.2, 0.25) is 11.8 Å². The highest BCUT2D eigenvalue weighted by molar-refractivity contribution is 5.92. The van der Waals surface area contributed by atoms with Gasteiger partial charge >= 0.3 is 12.1 Å². The number of rotatable bonds is 10. The van der Waals surface area contributed by atoms with Gasteiger partial charge in [0.05, 0.1) is 7.11 Å². The van der Waals surface area contributed by atoms with Crippen molar-refractivity contribution in [2.24, 2.45) is 11.8 Å². The summed E-state index contributed by atoms with van der Waals surface area (Å²) in [5.74, 6) is -1.32. The normalized spacial score (nSPS) is 13.4. The van der Waals surface area contributed by atoms with Crippen LogP contribution in [0, 0.1) is 11.8 Å². The molecule has 29 heavy (non-hydrogen) atoms. The van der Waals surface area contributed by atoms with E-state index in [9.17, 15) is 19.2 Å². The number of amides is 3. The van der Waals surface area contributed by atoms with Crippen molar-refractivity contribution < 1.29 is 28.7 Å². The fraction of sp³-hybridized carbons (Fsp3) is 0.800. The number of carbonyl (C=O) groups excluding carboxylic acids is 4. The average molecular weight is 416 g/mol. The Morgan fingerprint density at radius 2 is 1.31 bits per heavy atom. The first-order valence-corrected chi connectivity index (χ1v) is 9.89. The Labute approximate surface area is 173 Å². The average Bonchev–Trinajstić information content (AvgIpc) is 2.55. The van der Waals surface area contributed by atoms with E-state index in [2.05, 4.69) is 20.7 Å². The molecule has 9 heteroatoms. The minimum absolute atomic E-state index is 0.117. The maximum atomic E-state index is 12.8. The van der Waals surface area contributed by atoms with E-state index >= 15 is 0 Å². The topological polar surface area (TPSA) is 123 Å². The lowest BCUT2D eigenvalue weighted by molar-refractivity contribution is -0.141. The third-order valence-electron chi connectivity index (χ3n) is 3.69. The lowest BCUT2D eigenvalue weighted by Gasteiger charge is -2.26. The van der Waals surface area contributed by atoms with Gasteiger partial charge in [0.15, 0.2) is 0 Å². The SMILES string of the molecule is COC(=O)CNC(=O)[C@H](CC(C)C)NC(=O)[C@H](CC(C)C)NC(=O)OC(C)(C)C. The van der Waals surface area contributed by atoms with Crippen molar-refractivity contribution in [2.45, 2.75) is 79.0 Å². The summed E-state index contributed by atoms with van der Waals surface area (Å²) in [6.07, 6.45) is 0.0527. The standard InChI is InChI=1S/C20H37N3O6/c1-12(2)9-14(17(25)21-11-16(24)28-8)22-18(26)15(10-13(3)4)23-19(27)29-20(5,6)7/h12-15H,9-11H2,1-8H3,(H,21,25)(H,22,26)(H,23,27)/t14-,15-/m0/s1. The minimum Gasteiger partial charge on any atom is -0.468 e. The van der Waals surface area contributed by atoms with Gasteiger partial charge in [-0.25, -0.2) is 4.79 Å². The zero-order valence-corrected chi connectivity index (χ0v) is 18.9. The van der Waals surface area contributed by atoms with Gasteiger partial charge in [0, 0.05) is 0 Å². The second-order valence-electron chi connectivity index (χ2n) is 8.81. The Hall–Kier alpha value is -2.32. The van der Waals surface area contributed by atoms with Crippen LogP contribution in [-0.4, -0.2) is 55.2 Å². The monoisotopic (exact) mass is 415 g/mol. The molecule has 0 aromatic heterocycles. The van der Waals surface area contributed by atoms with Crippen molar-refractivity contribution in [1.29, 1.82) is 0 Å². The summed E-state index contributed by atoms with van der Waals surface area (Å²) in [5, 5.41) is 7.73. The molecular formula is C20H37N3O6. The fourth-order valence-electron chi connectivity index (χ4n) is 2.48. The molecule has 3 amide bonds. The Balaban J connectivity index is 5.21. The van der Waals surface area contributed by atoms with E-state index in [1.54, 1.807) is 20.8 Å². The number of ether oxygens (including phenoxy) is 2. The molecule has 168 valence electrons. The second kappa shape index (κ2) is 12.3. The Morgan fingerprint density at radius 3 is 1.72 bits per heavy atom. The summed E-state index contributed by atoms with van der Waals surface area (Å²) in [5.41, 5.74) is -0.698. The number of nitrogens with one attached hydrogen (secondary N) is 3. The molecule has 0 fully saturated rings. The highest BCUT2D eigenvalue weighted by Gasteiger charge is 2.29. The molecule has 0 radical (unpaired) electrons. The maximum absolute atomic E-state index is 12.8. The van der Waals surface area contributed by atoms with Crippen molar-refractivity contribution in [1.82, 2.24) is 16.0 Å². The first-order chi connectivity index (χ1) is 13.2. The third-order valence-corrected chi connectivity index (χ3v) is 3.69. The highest BCUT2D eigenvalue weighted by atomic mass is 16.6. The number of alkyl carbamates (subject to hydrolysis) is 1. The molecule has 0 rings (SSSR count). The van der Waals surface area contributed by atoms with E-state index in [-0.39, 0.29) is 18.4 Å². The first-order valence-electron chi connectivity index (χ1n) is 9.89. The molecule has 0 bridgehead atoms. The number of methoxy groups -OCH3 is 1. The van der Waals surface area contributed by atoms with Crippen LogP contribution in [-0.2, 0) is 23.9 Å². The molecule has 3 N–H and O–H groups in total. The van der Waals surface area contributed by atoms with Crippen LogP contribution >= 0.6 is 0 Å². The van der Waals surface area contributed by atoms with Gasteiger partial charge < -0.3 is 25.4 Å². The molecule has 0 saturated carbocycles. The summed E-state index contributed by atoms with van der Waals surface area (Å²) in [7, 11) is 1.22. The number of esters is 1. The van der Waals surface area contributed by atoms with Crippen molar-refractivity contribution >= 4 is 23.9 Å². The molecule has 2 atom stereocenters. The first kappa shape index (κ1) is 26.7. The van der Waals surface area contributed by atoms with Crippen LogP contribution in [0.5, 0.6) is 0 Å². The molecule has 0 unspecified atom stereocenters. The molecule has 0 aliphatic carbocycles. The van der Waals surface area contributed by atoms with Crippen molar-refractivity contribution in [2.75, 3.05) is 13.7 Å². The Bertz CT molecular complexity index is 569. The van der Waals surface area contributed by atoms with Crippen LogP contribution in [0.15, 0.2) is 0 Å². The molecule has 0 aromatic rings. The van der Waals surface area contributed by atoms with Crippen LogP contribution in [0.4, 0.5) is 4.79 Å². The van der Waals surface area contributed by atoms with Crippen LogP contribution in [0.1, 0.15) is 61.3 Å². The summed E-state index contributed by atoms with van der Waals surface area (Å²) < 4.78 is 9.74. The highest BCUT2D eigenvalue weighted by Crippen LogP contribution is 2.11. The van der Waals surface area contributed by atoms with E-state index in [0.29, 0.717) is 12.8 Å². The molecule has 0 spiro atoms. The van der Waals surface area contributed by atoms with E-state index in [4.69, 9.17) is 4.74 Å². The van der Waals surface area contributed by atoms with Gasteiger partial charge in [-0.2, -0.15) is 0 Å². The molecule has 0 heterocycles. The van der Waals surface area contributed by atoms with E-state index in [0.717, 1.165) is 0 Å². The predicted octanol–water partition coefficient (Wildman–Crippen LogP) is 1.75. The molecule has 0 aliphatic rings. The van der Waals surface area contributed by atoms with Gasteiger partial charge in [-0.1, -0.05) is 27.7 Å². The van der Waals surface area contributed by atoms with Gasteiger partial charge in [0.1, 0.15) is 24.2 Å². The van der Waals surface area contributed by atoms with Crippen LogP contribution in [0.25, 0.3) is 0 Å². The molecule has 9 nitrogen and oxygen atoms in total. The molecule has 0 aromatic carbocycles. The number of hydrogen-bond donors (Lipinski definition) is 3. The number of hydrogen-bond acceptors (Lipinski definition) is 6. The largest absolute Gasteiger partial charge is 0.468 e. The molecule has 0 saturated heterocycles. The Morgan fingerprint density at radius 1 is 0.828 bits per heavy atom. The van der Waals surface area contributed by atoms with E-state index < -0.39 is 41.6 Å².